The van der Waals surface area contributed by atoms with Crippen molar-refractivity contribution < 1.29 is 24.2 Å². The summed E-state index contributed by atoms with van der Waals surface area (Å²) in [5, 5.41) is 14.9. The summed E-state index contributed by atoms with van der Waals surface area (Å²) < 4.78 is 5.81. The van der Waals surface area contributed by atoms with Crippen molar-refractivity contribution in [1.29, 1.82) is 0 Å². The lowest BCUT2D eigenvalue weighted by molar-refractivity contribution is -0.137. The molecule has 1 aliphatic heterocycles. The van der Waals surface area contributed by atoms with E-state index in [1.165, 1.54) is 0 Å². The predicted octanol–water partition coefficient (Wildman–Crippen LogP) is 4.93. The van der Waals surface area contributed by atoms with Gasteiger partial charge < -0.3 is 20.5 Å². The highest BCUT2D eigenvalue weighted by Gasteiger charge is 2.46. The second-order valence-corrected chi connectivity index (χ2v) is 11.1. The second kappa shape index (κ2) is 12.6. The summed E-state index contributed by atoms with van der Waals surface area (Å²) in [6.45, 7) is 3.67. The highest BCUT2D eigenvalue weighted by molar-refractivity contribution is 5.91. The van der Waals surface area contributed by atoms with Crippen LogP contribution in [-0.4, -0.2) is 59.3 Å². The first-order valence-electron chi connectivity index (χ1n) is 14.3. The van der Waals surface area contributed by atoms with E-state index in [0.717, 1.165) is 27.8 Å². The average Bonchev–Trinajstić information content (AvgIpc) is 3.51. The topological polar surface area (TPSA) is 108 Å². The zero-order valence-electron chi connectivity index (χ0n) is 23.3. The van der Waals surface area contributed by atoms with Crippen LogP contribution in [0.2, 0.25) is 0 Å². The largest absolute Gasteiger partial charge is 0.481 e. The molecular weight excluding hydrogens is 518 g/mol. The monoisotopic (exact) mass is 555 g/mol. The normalized spacial score (nSPS) is 18.8. The molecule has 2 amide bonds. The van der Waals surface area contributed by atoms with E-state index in [-0.39, 0.29) is 30.9 Å². The number of amides is 2. The molecule has 8 heteroatoms. The van der Waals surface area contributed by atoms with Gasteiger partial charge in [0, 0.05) is 38.0 Å². The predicted molar refractivity (Wildman–Crippen MR) is 156 cm³/mol. The molecule has 8 nitrogen and oxygen atoms in total. The van der Waals surface area contributed by atoms with Crippen molar-refractivity contribution in [3.8, 4) is 11.1 Å². The summed E-state index contributed by atoms with van der Waals surface area (Å²) in [6, 6.07) is 26.1. The summed E-state index contributed by atoms with van der Waals surface area (Å²) in [7, 11) is 0. The van der Waals surface area contributed by atoms with Gasteiger partial charge in [-0.2, -0.15) is 0 Å². The van der Waals surface area contributed by atoms with Crippen molar-refractivity contribution in [2.75, 3.05) is 19.7 Å². The zero-order chi connectivity index (χ0) is 28.8. The number of benzene rings is 3. The molecule has 1 heterocycles. The Labute approximate surface area is 240 Å². The van der Waals surface area contributed by atoms with Crippen LogP contribution in [0.3, 0.4) is 0 Å². The van der Waals surface area contributed by atoms with E-state index in [1.807, 2.05) is 61.5 Å². The summed E-state index contributed by atoms with van der Waals surface area (Å²) in [5.41, 5.74) is 4.53. The number of carboxylic acid groups (broad SMARTS) is 1. The third kappa shape index (κ3) is 6.60. The van der Waals surface area contributed by atoms with Gasteiger partial charge in [-0.1, -0.05) is 78.9 Å². The smallest absolute Gasteiger partial charge is 0.408 e. The minimum absolute atomic E-state index is 0.0498. The molecule has 3 N–H and O–H groups in total. The van der Waals surface area contributed by atoms with Gasteiger partial charge in [-0.15, -0.1) is 0 Å². The maximum atomic E-state index is 13.7. The number of alkyl carbamates (subject to hydrolysis) is 1. The first kappa shape index (κ1) is 28.4. The molecule has 2 aliphatic rings. The van der Waals surface area contributed by atoms with Gasteiger partial charge >= 0.3 is 12.1 Å². The molecule has 1 aliphatic carbocycles. The Balaban J connectivity index is 1.27. The number of fused-ring (bicyclic) bond motifs is 3. The average molecular weight is 556 g/mol. The van der Waals surface area contributed by atoms with Crippen molar-refractivity contribution in [1.82, 2.24) is 15.5 Å². The van der Waals surface area contributed by atoms with E-state index in [0.29, 0.717) is 38.9 Å². The summed E-state index contributed by atoms with van der Waals surface area (Å²) >= 11 is 0. The van der Waals surface area contributed by atoms with E-state index in [2.05, 4.69) is 39.8 Å². The van der Waals surface area contributed by atoms with Crippen LogP contribution < -0.4 is 10.6 Å². The number of ether oxygens (including phenoxy) is 1. The van der Waals surface area contributed by atoms with Gasteiger partial charge in [-0.05, 0) is 54.0 Å². The Hall–Kier alpha value is -4.17. The van der Waals surface area contributed by atoms with E-state index < -0.39 is 17.6 Å². The van der Waals surface area contributed by atoms with Crippen molar-refractivity contribution in [3.05, 3.63) is 95.6 Å². The number of likely N-dealkylation sites (tertiary alicyclic amines) is 1. The zero-order valence-corrected chi connectivity index (χ0v) is 23.3. The maximum Gasteiger partial charge on any atom is 0.408 e. The quantitative estimate of drug-likeness (QED) is 0.310. The molecule has 0 saturated carbocycles. The van der Waals surface area contributed by atoms with Crippen LogP contribution in [0.4, 0.5) is 4.79 Å². The molecule has 3 aromatic carbocycles. The van der Waals surface area contributed by atoms with Crippen molar-refractivity contribution in [3.63, 3.8) is 0 Å². The molecule has 214 valence electrons. The van der Waals surface area contributed by atoms with Gasteiger partial charge in [0.05, 0.1) is 0 Å². The van der Waals surface area contributed by atoms with Gasteiger partial charge in [0.15, 0.2) is 0 Å². The molecular formula is C33H37N3O5. The lowest BCUT2D eigenvalue weighted by Crippen LogP contribution is -2.61. The van der Waals surface area contributed by atoms with E-state index in [9.17, 15) is 14.4 Å². The third-order valence-electron chi connectivity index (χ3n) is 8.12. The van der Waals surface area contributed by atoms with Gasteiger partial charge in [-0.25, -0.2) is 4.79 Å². The van der Waals surface area contributed by atoms with E-state index >= 15 is 0 Å². The molecule has 5 rings (SSSR count). The Morgan fingerprint density at radius 2 is 1.61 bits per heavy atom. The van der Waals surface area contributed by atoms with Gasteiger partial charge in [-0.3, -0.25) is 14.5 Å². The number of hydrogen-bond donors (Lipinski definition) is 3. The van der Waals surface area contributed by atoms with Crippen LogP contribution in [0, 0.1) is 0 Å². The molecule has 0 radical (unpaired) electrons. The number of hydrogen-bond acceptors (Lipinski definition) is 5. The number of carboxylic acids is 1. The van der Waals surface area contributed by atoms with Gasteiger partial charge in [0.1, 0.15) is 12.1 Å². The van der Waals surface area contributed by atoms with Crippen LogP contribution in [0.15, 0.2) is 78.9 Å². The molecule has 2 atom stereocenters. The number of carbonyl (C=O) groups is 3. The first-order chi connectivity index (χ1) is 19.8. The first-order valence-corrected chi connectivity index (χ1v) is 14.3. The van der Waals surface area contributed by atoms with Crippen molar-refractivity contribution >= 4 is 18.0 Å². The third-order valence-corrected chi connectivity index (χ3v) is 8.12. The Bertz CT molecular complexity index is 1350. The summed E-state index contributed by atoms with van der Waals surface area (Å²) in [5.74, 6) is -1.21. The molecule has 2 unspecified atom stereocenters. The van der Waals surface area contributed by atoms with Crippen LogP contribution in [0.5, 0.6) is 0 Å². The Kier molecular flexibility index (Phi) is 8.69. The Morgan fingerprint density at radius 3 is 2.27 bits per heavy atom. The standard InChI is InChI=1S/C33H37N3O5/c1-23(10-9-17-30(37)38)34-31(39)33(18-19-36(22-33)20-24-11-3-2-4-12-24)35-32(40)41-21-29-27-15-7-5-13-25(27)26-14-6-8-16-28(26)29/h2-8,11-16,23,29H,9-10,17-22H2,1H3,(H,34,39)(H,35,40)(H,37,38). The highest BCUT2D eigenvalue weighted by atomic mass is 16.5. The van der Waals surface area contributed by atoms with Crippen LogP contribution >= 0.6 is 0 Å². The van der Waals surface area contributed by atoms with Gasteiger partial charge in [0.25, 0.3) is 0 Å². The SMILES string of the molecule is CC(CCCC(=O)O)NC(=O)C1(NC(=O)OCC2c3ccccc3-c3ccccc32)CCN(Cc2ccccc2)C1. The number of carbonyl (C=O) groups excluding carboxylic acids is 2. The lowest BCUT2D eigenvalue weighted by atomic mass is 9.96. The number of nitrogens with zero attached hydrogens (tertiary/aromatic N) is 1. The van der Waals surface area contributed by atoms with E-state index in [1.54, 1.807) is 0 Å². The van der Waals surface area contributed by atoms with Crippen LogP contribution in [-0.2, 0) is 20.9 Å². The fourth-order valence-corrected chi connectivity index (χ4v) is 6.03. The lowest BCUT2D eigenvalue weighted by Gasteiger charge is -2.31. The Morgan fingerprint density at radius 1 is 0.976 bits per heavy atom. The number of aliphatic carboxylic acids is 1. The molecule has 0 spiro atoms. The molecule has 1 saturated heterocycles. The second-order valence-electron chi connectivity index (χ2n) is 11.1. The van der Waals surface area contributed by atoms with Crippen LogP contribution in [0.25, 0.3) is 11.1 Å². The van der Waals surface area contributed by atoms with Crippen molar-refractivity contribution in [2.24, 2.45) is 0 Å². The fraction of sp³-hybridized carbons (Fsp3) is 0.364. The molecule has 0 bridgehead atoms. The molecule has 1 fully saturated rings. The van der Waals surface area contributed by atoms with Gasteiger partial charge in [0.2, 0.25) is 5.91 Å². The highest BCUT2D eigenvalue weighted by Crippen LogP contribution is 2.44. The number of rotatable bonds is 11. The summed E-state index contributed by atoms with van der Waals surface area (Å²) in [4.78, 5) is 40.0. The minimum atomic E-state index is -1.15. The molecule has 0 aromatic heterocycles. The minimum Gasteiger partial charge on any atom is -0.481 e. The number of nitrogens with one attached hydrogen (secondary N) is 2. The maximum absolute atomic E-state index is 13.7. The molecule has 3 aromatic rings. The van der Waals surface area contributed by atoms with E-state index in [4.69, 9.17) is 9.84 Å². The fourth-order valence-electron chi connectivity index (χ4n) is 6.03. The molecule has 41 heavy (non-hydrogen) atoms. The summed E-state index contributed by atoms with van der Waals surface area (Å²) in [6.07, 6.45) is 0.865. The van der Waals surface area contributed by atoms with Crippen LogP contribution in [0.1, 0.15) is 55.2 Å². The van der Waals surface area contributed by atoms with Crippen molar-refractivity contribution in [2.45, 2.75) is 56.7 Å².